The van der Waals surface area contributed by atoms with Gasteiger partial charge in [0.05, 0.1) is 5.38 Å². The molecule has 3 heteroatoms. The number of Topliss-reactive ketones (excluding diaryl/α,β-unsaturated/α-hetero) is 1. The lowest BCUT2D eigenvalue weighted by Gasteiger charge is -2.08. The predicted molar refractivity (Wildman–Crippen MR) is 60.2 cm³/mol. The minimum absolute atomic E-state index is 0.00829. The van der Waals surface area contributed by atoms with Gasteiger partial charge in [-0.25, -0.2) is 0 Å². The molecule has 0 N–H and O–H groups in total. The summed E-state index contributed by atoms with van der Waals surface area (Å²) in [6, 6.07) is 5.62. The van der Waals surface area contributed by atoms with E-state index in [1.807, 2.05) is 25.1 Å². The van der Waals surface area contributed by atoms with Crippen molar-refractivity contribution in [3.8, 4) is 0 Å². The Bertz CT molecular complexity index is 347. The zero-order chi connectivity index (χ0) is 10.7. The third-order valence-electron chi connectivity index (χ3n) is 2.15. The molecule has 76 valence electrons. The van der Waals surface area contributed by atoms with E-state index in [2.05, 4.69) is 0 Å². The van der Waals surface area contributed by atoms with Crippen molar-refractivity contribution in [2.45, 2.75) is 25.6 Å². The maximum Gasteiger partial charge on any atom is 0.147 e. The molecular formula is C11H12Cl2O. The van der Waals surface area contributed by atoms with Crippen LogP contribution in [0.2, 0.25) is 5.02 Å². The van der Waals surface area contributed by atoms with Crippen LogP contribution in [0.5, 0.6) is 0 Å². The molecule has 1 rings (SSSR count). The topological polar surface area (TPSA) is 17.1 Å². The Hall–Kier alpha value is -0.530. The van der Waals surface area contributed by atoms with Gasteiger partial charge in [0, 0.05) is 5.02 Å². The molecule has 0 heterocycles. The third kappa shape index (κ3) is 3.00. The SMILES string of the molecule is CC(=O)C(Cl)Cc1cc(Cl)ccc1C. The van der Waals surface area contributed by atoms with Crippen LogP contribution in [0.25, 0.3) is 0 Å². The van der Waals surface area contributed by atoms with E-state index in [-0.39, 0.29) is 5.78 Å². The first-order valence-corrected chi connectivity index (χ1v) is 5.21. The number of rotatable bonds is 3. The minimum atomic E-state index is -0.452. The summed E-state index contributed by atoms with van der Waals surface area (Å²) < 4.78 is 0. The van der Waals surface area contributed by atoms with Gasteiger partial charge in [0.1, 0.15) is 5.78 Å². The maximum absolute atomic E-state index is 11.0. The van der Waals surface area contributed by atoms with Crippen molar-refractivity contribution in [1.29, 1.82) is 0 Å². The number of benzene rings is 1. The molecule has 1 aromatic carbocycles. The minimum Gasteiger partial charge on any atom is -0.298 e. The van der Waals surface area contributed by atoms with Gasteiger partial charge in [0.2, 0.25) is 0 Å². The van der Waals surface area contributed by atoms with E-state index >= 15 is 0 Å². The molecule has 0 fully saturated rings. The Morgan fingerprint density at radius 2 is 2.14 bits per heavy atom. The van der Waals surface area contributed by atoms with Crippen molar-refractivity contribution in [2.75, 3.05) is 0 Å². The first-order valence-electron chi connectivity index (χ1n) is 4.40. The fraction of sp³-hybridized carbons (Fsp3) is 0.364. The number of ketones is 1. The summed E-state index contributed by atoms with van der Waals surface area (Å²) in [5.74, 6) is -0.00829. The van der Waals surface area contributed by atoms with Gasteiger partial charge in [0.15, 0.2) is 0 Å². The van der Waals surface area contributed by atoms with Crippen molar-refractivity contribution in [1.82, 2.24) is 0 Å². The highest BCUT2D eigenvalue weighted by Gasteiger charge is 2.12. The molecule has 1 nitrogen and oxygen atoms in total. The molecular weight excluding hydrogens is 219 g/mol. The van der Waals surface area contributed by atoms with E-state index < -0.39 is 5.38 Å². The highest BCUT2D eigenvalue weighted by Crippen LogP contribution is 2.18. The number of hydrogen-bond acceptors (Lipinski definition) is 1. The maximum atomic E-state index is 11.0. The molecule has 1 aromatic rings. The normalized spacial score (nSPS) is 12.6. The van der Waals surface area contributed by atoms with Crippen molar-refractivity contribution in [3.05, 3.63) is 34.3 Å². The molecule has 1 unspecified atom stereocenters. The lowest BCUT2D eigenvalue weighted by Crippen LogP contribution is -2.13. The summed E-state index contributed by atoms with van der Waals surface area (Å²) in [5.41, 5.74) is 2.15. The second-order valence-electron chi connectivity index (χ2n) is 3.35. The number of aryl methyl sites for hydroxylation is 1. The molecule has 0 aliphatic rings. The zero-order valence-electron chi connectivity index (χ0n) is 8.18. The van der Waals surface area contributed by atoms with Gasteiger partial charge < -0.3 is 0 Å². The lowest BCUT2D eigenvalue weighted by atomic mass is 10.0. The van der Waals surface area contributed by atoms with Crippen molar-refractivity contribution >= 4 is 29.0 Å². The molecule has 1 atom stereocenters. The number of alkyl halides is 1. The van der Waals surface area contributed by atoms with Crippen LogP contribution in [0, 0.1) is 6.92 Å². The molecule has 14 heavy (non-hydrogen) atoms. The smallest absolute Gasteiger partial charge is 0.147 e. The third-order valence-corrected chi connectivity index (χ3v) is 2.85. The van der Waals surface area contributed by atoms with Crippen LogP contribution in [0.1, 0.15) is 18.1 Å². The van der Waals surface area contributed by atoms with Gasteiger partial charge in [0.25, 0.3) is 0 Å². The monoisotopic (exact) mass is 230 g/mol. The van der Waals surface area contributed by atoms with Gasteiger partial charge in [-0.05, 0) is 43.5 Å². The Morgan fingerprint density at radius 1 is 1.50 bits per heavy atom. The molecule has 0 saturated carbocycles. The molecule has 0 amide bonds. The van der Waals surface area contributed by atoms with E-state index in [4.69, 9.17) is 23.2 Å². The summed E-state index contributed by atoms with van der Waals surface area (Å²) in [7, 11) is 0. The highest BCUT2D eigenvalue weighted by atomic mass is 35.5. The zero-order valence-corrected chi connectivity index (χ0v) is 9.69. The van der Waals surface area contributed by atoms with Crippen LogP contribution in [0.3, 0.4) is 0 Å². The van der Waals surface area contributed by atoms with Crippen LogP contribution in [0.4, 0.5) is 0 Å². The standard InChI is InChI=1S/C11H12Cl2O/c1-7-3-4-10(12)5-9(7)6-11(13)8(2)14/h3-5,11H,6H2,1-2H3. The van der Waals surface area contributed by atoms with Gasteiger partial charge >= 0.3 is 0 Å². The first-order chi connectivity index (χ1) is 6.50. The Balaban J connectivity index is 2.85. The van der Waals surface area contributed by atoms with E-state index in [1.165, 1.54) is 6.92 Å². The molecule has 0 saturated heterocycles. The molecule has 0 bridgehead atoms. The number of hydrogen-bond donors (Lipinski definition) is 0. The largest absolute Gasteiger partial charge is 0.298 e. The summed E-state index contributed by atoms with van der Waals surface area (Å²) in [6.45, 7) is 3.48. The van der Waals surface area contributed by atoms with Gasteiger partial charge in [-0.15, -0.1) is 11.6 Å². The van der Waals surface area contributed by atoms with Crippen LogP contribution in [-0.2, 0) is 11.2 Å². The second-order valence-corrected chi connectivity index (χ2v) is 4.32. The summed E-state index contributed by atoms with van der Waals surface area (Å²) in [4.78, 5) is 11.0. The average Bonchev–Trinajstić information content (AvgIpc) is 2.11. The number of carbonyl (C=O) groups excluding carboxylic acids is 1. The van der Waals surface area contributed by atoms with Crippen molar-refractivity contribution < 1.29 is 4.79 Å². The summed E-state index contributed by atoms with van der Waals surface area (Å²) >= 11 is 11.7. The molecule has 0 aliphatic heterocycles. The Morgan fingerprint density at radius 3 is 2.71 bits per heavy atom. The second kappa shape index (κ2) is 4.81. The molecule has 0 spiro atoms. The molecule has 0 aromatic heterocycles. The van der Waals surface area contributed by atoms with Crippen molar-refractivity contribution in [2.24, 2.45) is 0 Å². The van der Waals surface area contributed by atoms with Crippen LogP contribution in [0.15, 0.2) is 18.2 Å². The fourth-order valence-corrected chi connectivity index (χ4v) is 1.56. The van der Waals surface area contributed by atoms with E-state index in [9.17, 15) is 4.79 Å². The summed E-state index contributed by atoms with van der Waals surface area (Å²) in [5, 5.41) is 0.227. The lowest BCUT2D eigenvalue weighted by molar-refractivity contribution is -0.116. The quantitative estimate of drug-likeness (QED) is 0.728. The van der Waals surface area contributed by atoms with Gasteiger partial charge in [-0.1, -0.05) is 17.7 Å². The molecule has 0 radical (unpaired) electrons. The Kier molecular flexibility index (Phi) is 3.97. The van der Waals surface area contributed by atoms with Gasteiger partial charge in [-0.2, -0.15) is 0 Å². The predicted octanol–water partition coefficient (Wildman–Crippen LogP) is 3.39. The highest BCUT2D eigenvalue weighted by molar-refractivity contribution is 6.31. The van der Waals surface area contributed by atoms with E-state index in [0.717, 1.165) is 11.1 Å². The molecule has 0 aliphatic carbocycles. The average molecular weight is 231 g/mol. The number of carbonyl (C=O) groups is 1. The Labute approximate surface area is 94.0 Å². The van der Waals surface area contributed by atoms with Crippen LogP contribution >= 0.6 is 23.2 Å². The summed E-state index contributed by atoms with van der Waals surface area (Å²) in [6.07, 6.45) is 0.545. The fourth-order valence-electron chi connectivity index (χ4n) is 1.20. The first kappa shape index (κ1) is 11.5. The van der Waals surface area contributed by atoms with Crippen molar-refractivity contribution in [3.63, 3.8) is 0 Å². The van der Waals surface area contributed by atoms with Crippen LogP contribution in [-0.4, -0.2) is 11.2 Å². The van der Waals surface area contributed by atoms with Crippen LogP contribution < -0.4 is 0 Å². The van der Waals surface area contributed by atoms with E-state index in [1.54, 1.807) is 0 Å². The van der Waals surface area contributed by atoms with E-state index in [0.29, 0.717) is 11.4 Å². The number of halogens is 2. The van der Waals surface area contributed by atoms with Gasteiger partial charge in [-0.3, -0.25) is 4.79 Å².